The fraction of sp³-hybridized carbons (Fsp3) is 0.933. The zero-order valence-corrected chi connectivity index (χ0v) is 12.2. The lowest BCUT2D eigenvalue weighted by Crippen LogP contribution is -2.37. The first kappa shape index (κ1) is 15.7. The van der Waals surface area contributed by atoms with Gasteiger partial charge in [-0.05, 0) is 37.0 Å². The molecule has 2 saturated carbocycles. The predicted octanol–water partition coefficient (Wildman–Crippen LogP) is 0.642. The molecule has 20 heavy (non-hydrogen) atoms. The van der Waals surface area contributed by atoms with Crippen LogP contribution in [0.2, 0.25) is 0 Å². The summed E-state index contributed by atoms with van der Waals surface area (Å²) in [6, 6.07) is 0. The van der Waals surface area contributed by atoms with Gasteiger partial charge in [-0.3, -0.25) is 4.79 Å². The van der Waals surface area contributed by atoms with Gasteiger partial charge in [-0.25, -0.2) is 0 Å². The molecule has 0 saturated heterocycles. The number of ether oxygens (including phenoxy) is 1. The van der Waals surface area contributed by atoms with E-state index in [2.05, 4.69) is 0 Å². The van der Waals surface area contributed by atoms with Crippen molar-refractivity contribution in [3.63, 3.8) is 0 Å². The normalized spacial score (nSPS) is 28.0. The molecule has 3 atom stereocenters. The Bertz CT molecular complexity index is 310. The molecule has 2 N–H and O–H groups in total. The van der Waals surface area contributed by atoms with Crippen molar-refractivity contribution in [3.8, 4) is 0 Å². The molecule has 0 radical (unpaired) electrons. The second-order valence-corrected chi connectivity index (χ2v) is 6.08. The van der Waals surface area contributed by atoms with E-state index in [9.17, 15) is 4.79 Å². The van der Waals surface area contributed by atoms with Crippen LogP contribution in [-0.2, 0) is 9.53 Å². The highest BCUT2D eigenvalue weighted by atomic mass is 16.5. The summed E-state index contributed by atoms with van der Waals surface area (Å²) in [5.74, 6) is 2.31. The molecular formula is C15H27NO4. The van der Waals surface area contributed by atoms with Crippen molar-refractivity contribution >= 4 is 5.91 Å². The van der Waals surface area contributed by atoms with Crippen molar-refractivity contribution in [2.45, 2.75) is 32.1 Å². The smallest absolute Gasteiger partial charge is 0.223 e. The van der Waals surface area contributed by atoms with Gasteiger partial charge in [0.05, 0.1) is 26.4 Å². The third kappa shape index (κ3) is 4.17. The summed E-state index contributed by atoms with van der Waals surface area (Å²) in [5.41, 5.74) is 0. The highest BCUT2D eigenvalue weighted by Gasteiger charge is 2.40. The molecule has 0 spiro atoms. The Morgan fingerprint density at radius 1 is 1.10 bits per heavy atom. The van der Waals surface area contributed by atoms with Crippen LogP contribution < -0.4 is 0 Å². The fourth-order valence-electron chi connectivity index (χ4n) is 3.80. The lowest BCUT2D eigenvalue weighted by atomic mass is 9.86. The van der Waals surface area contributed by atoms with E-state index in [1.807, 2.05) is 0 Å². The molecule has 5 nitrogen and oxygen atoms in total. The number of rotatable bonds is 9. The van der Waals surface area contributed by atoms with Crippen LogP contribution in [0.4, 0.5) is 0 Å². The van der Waals surface area contributed by atoms with E-state index in [0.717, 1.165) is 11.8 Å². The van der Waals surface area contributed by atoms with Crippen LogP contribution in [0.5, 0.6) is 0 Å². The van der Waals surface area contributed by atoms with E-state index in [1.165, 1.54) is 25.7 Å². The van der Waals surface area contributed by atoms with Gasteiger partial charge in [0, 0.05) is 19.5 Å². The standard InChI is InChI=1S/C15H27NO4/c17-5-3-16(4-7-20-8-6-18)15(19)11-14-10-12-1-2-13(14)9-12/h12-14,17-18H,1-11H2. The maximum absolute atomic E-state index is 12.3. The molecule has 0 aromatic carbocycles. The van der Waals surface area contributed by atoms with E-state index < -0.39 is 0 Å². The molecule has 2 bridgehead atoms. The summed E-state index contributed by atoms with van der Waals surface area (Å²) in [6.45, 7) is 1.58. The van der Waals surface area contributed by atoms with Crippen LogP contribution >= 0.6 is 0 Å². The van der Waals surface area contributed by atoms with E-state index in [-0.39, 0.29) is 19.1 Å². The van der Waals surface area contributed by atoms with E-state index in [0.29, 0.717) is 38.6 Å². The molecule has 1 amide bonds. The first-order valence-electron chi connectivity index (χ1n) is 7.81. The Hall–Kier alpha value is -0.650. The predicted molar refractivity (Wildman–Crippen MR) is 75.1 cm³/mol. The van der Waals surface area contributed by atoms with Gasteiger partial charge in [-0.15, -0.1) is 0 Å². The summed E-state index contributed by atoms with van der Waals surface area (Å²) in [7, 11) is 0. The molecule has 3 unspecified atom stereocenters. The van der Waals surface area contributed by atoms with Gasteiger partial charge in [0.2, 0.25) is 5.91 Å². The van der Waals surface area contributed by atoms with Gasteiger partial charge in [-0.1, -0.05) is 6.42 Å². The zero-order chi connectivity index (χ0) is 14.4. The largest absolute Gasteiger partial charge is 0.395 e. The molecule has 116 valence electrons. The number of nitrogens with zero attached hydrogens (tertiary/aromatic N) is 1. The summed E-state index contributed by atoms with van der Waals surface area (Å²) in [5, 5.41) is 17.7. The van der Waals surface area contributed by atoms with Crippen molar-refractivity contribution in [2.24, 2.45) is 17.8 Å². The highest BCUT2D eigenvalue weighted by Crippen LogP contribution is 2.49. The second kappa shape index (κ2) is 7.96. The van der Waals surface area contributed by atoms with Gasteiger partial charge >= 0.3 is 0 Å². The number of hydrogen-bond acceptors (Lipinski definition) is 4. The molecule has 2 aliphatic rings. The molecular weight excluding hydrogens is 258 g/mol. The number of aliphatic hydroxyl groups is 2. The van der Waals surface area contributed by atoms with Crippen molar-refractivity contribution < 1.29 is 19.7 Å². The molecule has 2 aliphatic carbocycles. The first-order valence-corrected chi connectivity index (χ1v) is 7.81. The van der Waals surface area contributed by atoms with Crippen molar-refractivity contribution in [2.75, 3.05) is 39.5 Å². The lowest BCUT2D eigenvalue weighted by molar-refractivity contribution is -0.134. The highest BCUT2D eigenvalue weighted by molar-refractivity contribution is 5.76. The maximum atomic E-state index is 12.3. The Morgan fingerprint density at radius 3 is 2.55 bits per heavy atom. The Labute approximate surface area is 120 Å². The second-order valence-electron chi connectivity index (χ2n) is 6.08. The number of carbonyl (C=O) groups excluding carboxylic acids is 1. The SMILES string of the molecule is O=C(CC1CC2CCC1C2)N(CCO)CCOCCO. The minimum Gasteiger partial charge on any atom is -0.395 e. The van der Waals surface area contributed by atoms with Crippen LogP contribution in [0, 0.1) is 17.8 Å². The average molecular weight is 285 g/mol. The van der Waals surface area contributed by atoms with Gasteiger partial charge in [-0.2, -0.15) is 0 Å². The number of aliphatic hydroxyl groups excluding tert-OH is 2. The molecule has 2 rings (SSSR count). The summed E-state index contributed by atoms with van der Waals surface area (Å²) < 4.78 is 5.20. The quantitative estimate of drug-likeness (QED) is 0.610. The molecule has 5 heteroatoms. The van der Waals surface area contributed by atoms with Crippen LogP contribution in [0.25, 0.3) is 0 Å². The molecule has 0 aromatic heterocycles. The van der Waals surface area contributed by atoms with Crippen LogP contribution in [-0.4, -0.2) is 60.5 Å². The van der Waals surface area contributed by atoms with Crippen molar-refractivity contribution in [3.05, 3.63) is 0 Å². The number of fused-ring (bicyclic) bond motifs is 2. The topological polar surface area (TPSA) is 70.0 Å². The lowest BCUT2D eigenvalue weighted by Gasteiger charge is -2.26. The Balaban J connectivity index is 1.74. The third-order valence-corrected chi connectivity index (χ3v) is 4.79. The third-order valence-electron chi connectivity index (χ3n) is 4.79. The Morgan fingerprint density at radius 2 is 1.95 bits per heavy atom. The first-order chi connectivity index (χ1) is 9.74. The minimum absolute atomic E-state index is 0.000904. The fourth-order valence-corrected chi connectivity index (χ4v) is 3.80. The van der Waals surface area contributed by atoms with Crippen LogP contribution in [0.1, 0.15) is 32.1 Å². The van der Waals surface area contributed by atoms with Gasteiger partial charge < -0.3 is 19.8 Å². The summed E-state index contributed by atoms with van der Waals surface area (Å²) in [4.78, 5) is 14.0. The van der Waals surface area contributed by atoms with E-state index in [4.69, 9.17) is 14.9 Å². The summed E-state index contributed by atoms with van der Waals surface area (Å²) in [6.07, 6.45) is 5.80. The minimum atomic E-state index is -0.0114. The van der Waals surface area contributed by atoms with Gasteiger partial charge in [0.15, 0.2) is 0 Å². The average Bonchev–Trinajstić information content (AvgIpc) is 3.04. The number of carbonyl (C=O) groups is 1. The van der Waals surface area contributed by atoms with E-state index in [1.54, 1.807) is 4.90 Å². The molecule has 2 fully saturated rings. The van der Waals surface area contributed by atoms with Crippen LogP contribution in [0.15, 0.2) is 0 Å². The molecule has 0 aromatic rings. The van der Waals surface area contributed by atoms with Gasteiger partial charge in [0.1, 0.15) is 0 Å². The van der Waals surface area contributed by atoms with Gasteiger partial charge in [0.25, 0.3) is 0 Å². The maximum Gasteiger partial charge on any atom is 0.223 e. The zero-order valence-electron chi connectivity index (χ0n) is 12.2. The van der Waals surface area contributed by atoms with Crippen LogP contribution in [0.3, 0.4) is 0 Å². The molecule has 0 aliphatic heterocycles. The van der Waals surface area contributed by atoms with E-state index >= 15 is 0 Å². The Kier molecular flexibility index (Phi) is 6.26. The number of amides is 1. The molecule has 0 heterocycles. The van der Waals surface area contributed by atoms with Crippen molar-refractivity contribution in [1.29, 1.82) is 0 Å². The number of hydrogen-bond donors (Lipinski definition) is 2. The van der Waals surface area contributed by atoms with Crippen molar-refractivity contribution in [1.82, 2.24) is 4.90 Å². The summed E-state index contributed by atoms with van der Waals surface area (Å²) >= 11 is 0. The monoisotopic (exact) mass is 285 g/mol.